The Bertz CT molecular complexity index is 684. The number of imidazole rings is 1. The smallest absolute Gasteiger partial charge is 0.318 e. The number of nitriles is 1. The van der Waals surface area contributed by atoms with Crippen molar-refractivity contribution in [2.45, 2.75) is 13.0 Å². The number of rotatable bonds is 2. The summed E-state index contributed by atoms with van der Waals surface area (Å²) in [6.45, 7) is 2.55. The highest BCUT2D eigenvalue weighted by Crippen LogP contribution is 2.23. The number of benzene rings is 1. The van der Waals surface area contributed by atoms with Crippen LogP contribution >= 0.6 is 0 Å². The van der Waals surface area contributed by atoms with Gasteiger partial charge in [0.15, 0.2) is 0 Å². The monoisotopic (exact) mass is 255 g/mol. The fourth-order valence-corrected chi connectivity index (χ4v) is 2.37. The van der Waals surface area contributed by atoms with Gasteiger partial charge in [-0.05, 0) is 24.6 Å². The molecule has 6 nitrogen and oxygen atoms in total. The second-order valence-electron chi connectivity index (χ2n) is 4.64. The summed E-state index contributed by atoms with van der Waals surface area (Å²) in [5, 5.41) is 11.5. The molecule has 3 rings (SSSR count). The molecular weight excluding hydrogens is 242 g/mol. The van der Waals surface area contributed by atoms with Crippen LogP contribution < -0.4 is 5.32 Å². The van der Waals surface area contributed by atoms with E-state index >= 15 is 0 Å². The molecule has 96 valence electrons. The molecule has 0 saturated carbocycles. The second kappa shape index (κ2) is 4.28. The van der Waals surface area contributed by atoms with Crippen molar-refractivity contribution in [1.82, 2.24) is 20.2 Å². The molecule has 0 bridgehead atoms. The Morgan fingerprint density at radius 1 is 1.58 bits per heavy atom. The van der Waals surface area contributed by atoms with Gasteiger partial charge in [-0.15, -0.1) is 0 Å². The van der Waals surface area contributed by atoms with E-state index in [4.69, 9.17) is 5.26 Å². The lowest BCUT2D eigenvalue weighted by molar-refractivity contribution is 0.222. The van der Waals surface area contributed by atoms with Gasteiger partial charge in [0.1, 0.15) is 12.4 Å². The fourth-order valence-electron chi connectivity index (χ4n) is 2.37. The number of urea groups is 1. The lowest BCUT2D eigenvalue weighted by atomic mass is 10.1. The van der Waals surface area contributed by atoms with Crippen LogP contribution in [0.4, 0.5) is 4.79 Å². The molecule has 2 N–H and O–H groups in total. The maximum atomic E-state index is 11.7. The molecule has 0 spiro atoms. The second-order valence-corrected chi connectivity index (χ2v) is 4.64. The van der Waals surface area contributed by atoms with E-state index < -0.39 is 0 Å². The highest BCUT2D eigenvalue weighted by Gasteiger charge is 2.29. The molecular formula is C13H13N5O. The average Bonchev–Trinajstić information content (AvgIpc) is 2.91. The van der Waals surface area contributed by atoms with Crippen molar-refractivity contribution in [3.05, 3.63) is 29.6 Å². The minimum Gasteiger partial charge on any atom is -0.342 e. The predicted octanol–water partition coefficient (Wildman–Crippen LogP) is 1.46. The van der Waals surface area contributed by atoms with Gasteiger partial charge in [-0.3, -0.25) is 0 Å². The number of H-pyrrole nitrogens is 1. The molecule has 1 unspecified atom stereocenters. The summed E-state index contributed by atoms with van der Waals surface area (Å²) in [7, 11) is 0. The van der Waals surface area contributed by atoms with Gasteiger partial charge in [0.2, 0.25) is 0 Å². The maximum absolute atomic E-state index is 11.7. The zero-order valence-corrected chi connectivity index (χ0v) is 10.5. The van der Waals surface area contributed by atoms with Gasteiger partial charge in [-0.25, -0.2) is 9.78 Å². The number of aryl methyl sites for hydroxylation is 1. The summed E-state index contributed by atoms with van der Waals surface area (Å²) in [5.74, 6) is 0.869. The Labute approximate surface area is 110 Å². The van der Waals surface area contributed by atoms with Crippen LogP contribution in [0.1, 0.15) is 17.4 Å². The third kappa shape index (κ3) is 1.99. The molecule has 0 radical (unpaired) electrons. The molecule has 1 aromatic carbocycles. The van der Waals surface area contributed by atoms with Crippen molar-refractivity contribution in [1.29, 1.82) is 5.26 Å². The Morgan fingerprint density at radius 3 is 3.21 bits per heavy atom. The van der Waals surface area contributed by atoms with Crippen molar-refractivity contribution in [2.75, 3.05) is 13.1 Å². The number of fused-ring (bicyclic) bond motifs is 1. The Hall–Kier alpha value is -2.55. The van der Waals surface area contributed by atoms with Gasteiger partial charge in [-0.1, -0.05) is 6.07 Å². The Kier molecular flexibility index (Phi) is 2.60. The standard InChI is InChI=1S/C13H13N5O/c1-8-15-10-3-2-9(6-11(10)16-8)12-7-18(5-4-14)13(19)17-12/h2-3,6,12H,5,7H2,1H3,(H,15,16)(H,17,19). The van der Waals surface area contributed by atoms with Crippen LogP contribution in [0.3, 0.4) is 0 Å². The minimum absolute atomic E-state index is 0.0751. The number of aromatic amines is 1. The van der Waals surface area contributed by atoms with Gasteiger partial charge >= 0.3 is 6.03 Å². The van der Waals surface area contributed by atoms with E-state index in [-0.39, 0.29) is 18.6 Å². The average molecular weight is 255 g/mol. The highest BCUT2D eigenvalue weighted by atomic mass is 16.2. The molecule has 1 aliphatic rings. The first kappa shape index (κ1) is 11.5. The van der Waals surface area contributed by atoms with Crippen molar-refractivity contribution in [3.8, 4) is 6.07 Å². The number of hydrogen-bond donors (Lipinski definition) is 2. The fraction of sp³-hybridized carbons (Fsp3) is 0.308. The summed E-state index contributed by atoms with van der Waals surface area (Å²) in [4.78, 5) is 20.7. The Balaban J connectivity index is 1.89. The Morgan fingerprint density at radius 2 is 2.42 bits per heavy atom. The number of nitrogens with zero attached hydrogens (tertiary/aromatic N) is 3. The number of aromatic nitrogens is 2. The number of carbonyl (C=O) groups is 1. The van der Waals surface area contributed by atoms with Crippen LogP contribution in [0.25, 0.3) is 11.0 Å². The van der Waals surface area contributed by atoms with Crippen LogP contribution in [0.15, 0.2) is 18.2 Å². The number of amides is 2. The zero-order chi connectivity index (χ0) is 13.4. The topological polar surface area (TPSA) is 84.8 Å². The van der Waals surface area contributed by atoms with E-state index in [1.165, 1.54) is 4.90 Å². The van der Waals surface area contributed by atoms with Gasteiger partial charge in [0, 0.05) is 6.54 Å². The van der Waals surface area contributed by atoms with Gasteiger partial charge in [0.25, 0.3) is 0 Å². The van der Waals surface area contributed by atoms with Crippen LogP contribution in [-0.4, -0.2) is 34.0 Å². The summed E-state index contributed by atoms with van der Waals surface area (Å²) in [6, 6.07) is 7.63. The molecule has 1 aromatic heterocycles. The number of carbonyl (C=O) groups excluding carboxylic acids is 1. The molecule has 19 heavy (non-hydrogen) atoms. The number of nitrogens with one attached hydrogen (secondary N) is 2. The van der Waals surface area contributed by atoms with Crippen molar-refractivity contribution in [3.63, 3.8) is 0 Å². The molecule has 2 heterocycles. The summed E-state index contributed by atoms with van der Waals surface area (Å²) in [6.07, 6.45) is 0. The van der Waals surface area contributed by atoms with Crippen LogP contribution in [0.5, 0.6) is 0 Å². The lowest BCUT2D eigenvalue weighted by Crippen LogP contribution is -2.28. The van der Waals surface area contributed by atoms with Crippen LogP contribution in [-0.2, 0) is 0 Å². The van der Waals surface area contributed by atoms with E-state index in [9.17, 15) is 4.79 Å². The van der Waals surface area contributed by atoms with E-state index in [2.05, 4.69) is 15.3 Å². The molecule has 6 heteroatoms. The SMILES string of the molecule is Cc1nc2ccc(C3CN(CC#N)C(=O)N3)cc2[nH]1. The molecule has 0 aliphatic carbocycles. The summed E-state index contributed by atoms with van der Waals surface area (Å²) in [5.41, 5.74) is 2.90. The van der Waals surface area contributed by atoms with E-state index in [0.29, 0.717) is 6.54 Å². The lowest BCUT2D eigenvalue weighted by Gasteiger charge is -2.10. The first-order valence-corrected chi connectivity index (χ1v) is 6.06. The molecule has 1 fully saturated rings. The van der Waals surface area contributed by atoms with E-state index in [1.807, 2.05) is 31.2 Å². The van der Waals surface area contributed by atoms with Crippen LogP contribution in [0, 0.1) is 18.3 Å². The third-order valence-electron chi connectivity index (χ3n) is 3.28. The van der Waals surface area contributed by atoms with Gasteiger partial charge in [0.05, 0.1) is 23.1 Å². The summed E-state index contributed by atoms with van der Waals surface area (Å²) < 4.78 is 0. The van der Waals surface area contributed by atoms with Gasteiger partial charge < -0.3 is 15.2 Å². The first-order chi connectivity index (χ1) is 9.17. The third-order valence-corrected chi connectivity index (χ3v) is 3.28. The van der Waals surface area contributed by atoms with Crippen LogP contribution in [0.2, 0.25) is 0 Å². The largest absolute Gasteiger partial charge is 0.342 e. The molecule has 2 amide bonds. The van der Waals surface area contributed by atoms with Crippen molar-refractivity contribution in [2.24, 2.45) is 0 Å². The summed E-state index contributed by atoms with van der Waals surface area (Å²) >= 11 is 0. The molecule has 1 saturated heterocycles. The zero-order valence-electron chi connectivity index (χ0n) is 10.5. The van der Waals surface area contributed by atoms with Crippen molar-refractivity contribution < 1.29 is 4.79 Å². The molecule has 1 atom stereocenters. The maximum Gasteiger partial charge on any atom is 0.318 e. The normalized spacial score (nSPS) is 18.6. The quantitative estimate of drug-likeness (QED) is 0.797. The van der Waals surface area contributed by atoms with Crippen molar-refractivity contribution >= 4 is 17.1 Å². The van der Waals surface area contributed by atoms with Gasteiger partial charge in [-0.2, -0.15) is 5.26 Å². The van der Waals surface area contributed by atoms with E-state index in [0.717, 1.165) is 22.4 Å². The first-order valence-electron chi connectivity index (χ1n) is 6.06. The van der Waals surface area contributed by atoms with E-state index in [1.54, 1.807) is 0 Å². The highest BCUT2D eigenvalue weighted by molar-refractivity contribution is 5.79. The number of hydrogen-bond acceptors (Lipinski definition) is 3. The minimum atomic E-state index is -0.188. The predicted molar refractivity (Wildman–Crippen MR) is 69.3 cm³/mol. The molecule has 2 aromatic rings. The molecule has 1 aliphatic heterocycles.